The normalized spacial score (nSPS) is 16.3. The molecular weight excluding hydrogens is 546 g/mol. The van der Waals surface area contributed by atoms with Crippen LogP contribution in [0.2, 0.25) is 5.02 Å². The summed E-state index contributed by atoms with van der Waals surface area (Å²) in [6.45, 7) is 32.4. The van der Waals surface area contributed by atoms with E-state index in [2.05, 4.69) is 57.6 Å². The van der Waals surface area contributed by atoms with Crippen LogP contribution in [0.15, 0.2) is 67.9 Å². The second kappa shape index (κ2) is 26.6. The van der Waals surface area contributed by atoms with E-state index in [1.54, 1.807) is 12.2 Å². The van der Waals surface area contributed by atoms with Crippen molar-refractivity contribution in [1.82, 2.24) is 10.6 Å². The van der Waals surface area contributed by atoms with Crippen molar-refractivity contribution in [1.29, 1.82) is 5.26 Å². The van der Waals surface area contributed by atoms with Crippen LogP contribution in [-0.2, 0) is 0 Å². The molecular formula is C39H62ClN3. The lowest BCUT2D eigenvalue weighted by atomic mass is 9.83. The molecule has 2 N–H and O–H groups in total. The first-order valence-electron chi connectivity index (χ1n) is 15.8. The van der Waals surface area contributed by atoms with E-state index >= 15 is 0 Å². The largest absolute Gasteiger partial charge is 0.394 e. The van der Waals surface area contributed by atoms with E-state index in [4.69, 9.17) is 16.9 Å². The highest BCUT2D eigenvalue weighted by Gasteiger charge is 2.28. The molecule has 3 nitrogen and oxygen atoms in total. The molecule has 1 heterocycles. The van der Waals surface area contributed by atoms with Crippen molar-refractivity contribution in [2.75, 3.05) is 7.05 Å². The summed E-state index contributed by atoms with van der Waals surface area (Å²) in [7, 11) is 1.85. The molecule has 2 atom stereocenters. The number of rotatable bonds is 5. The summed E-state index contributed by atoms with van der Waals surface area (Å²) in [4.78, 5) is 0. The van der Waals surface area contributed by atoms with E-state index in [-0.39, 0.29) is 0 Å². The highest BCUT2D eigenvalue weighted by atomic mass is 35.5. The third-order valence-electron chi connectivity index (χ3n) is 6.17. The minimum atomic E-state index is 0.372. The van der Waals surface area contributed by atoms with Crippen molar-refractivity contribution in [3.63, 3.8) is 0 Å². The molecule has 1 fully saturated rings. The molecule has 0 aromatic heterocycles. The number of aryl methyl sites for hydroxylation is 1. The Balaban J connectivity index is -0.000000525. The molecule has 0 aliphatic carbocycles. The van der Waals surface area contributed by atoms with E-state index in [1.807, 2.05) is 117 Å². The Kier molecular flexibility index (Phi) is 27.4. The number of nitrogens with one attached hydrogen (secondary N) is 2. The molecule has 4 heteroatoms. The van der Waals surface area contributed by atoms with E-state index in [0.717, 1.165) is 44.3 Å². The lowest BCUT2D eigenvalue weighted by Crippen LogP contribution is -2.50. The molecule has 0 spiro atoms. The zero-order chi connectivity index (χ0) is 34.0. The molecule has 43 heavy (non-hydrogen) atoms. The van der Waals surface area contributed by atoms with E-state index in [0.29, 0.717) is 11.6 Å². The Labute approximate surface area is 271 Å². The summed E-state index contributed by atoms with van der Waals surface area (Å²) in [6, 6.07) is 14.6. The Morgan fingerprint density at radius 3 is 2.07 bits per heavy atom. The van der Waals surface area contributed by atoms with Crippen LogP contribution in [0.25, 0.3) is 17.7 Å². The molecule has 1 saturated heterocycles. The quantitative estimate of drug-likeness (QED) is 0.332. The van der Waals surface area contributed by atoms with Gasteiger partial charge in [-0.15, -0.1) is 0 Å². The van der Waals surface area contributed by atoms with Crippen LogP contribution in [0.3, 0.4) is 0 Å². The average molecular weight is 608 g/mol. The predicted molar refractivity (Wildman–Crippen MR) is 198 cm³/mol. The monoisotopic (exact) mass is 607 g/mol. The number of halogens is 1. The Morgan fingerprint density at radius 2 is 1.65 bits per heavy atom. The highest BCUT2D eigenvalue weighted by molar-refractivity contribution is 6.32. The van der Waals surface area contributed by atoms with Gasteiger partial charge in [0.1, 0.15) is 6.07 Å². The molecule has 3 rings (SSSR count). The first kappa shape index (κ1) is 44.4. The fraction of sp³-hybridized carbons (Fsp3) is 0.462. The molecule has 2 aromatic rings. The van der Waals surface area contributed by atoms with Gasteiger partial charge in [0.05, 0.1) is 5.56 Å². The van der Waals surface area contributed by atoms with Gasteiger partial charge in [-0.25, -0.2) is 0 Å². The number of benzene rings is 2. The van der Waals surface area contributed by atoms with Gasteiger partial charge in [-0.2, -0.15) is 5.26 Å². The second-order valence-electron chi connectivity index (χ2n) is 10.1. The van der Waals surface area contributed by atoms with E-state index in [1.165, 1.54) is 12.8 Å². The fourth-order valence-electron chi connectivity index (χ4n) is 4.75. The molecule has 0 radical (unpaired) electrons. The molecule has 240 valence electrons. The van der Waals surface area contributed by atoms with Gasteiger partial charge in [0.15, 0.2) is 0 Å². The fourth-order valence-corrected chi connectivity index (χ4v) is 5.02. The molecule has 0 saturated carbocycles. The minimum absolute atomic E-state index is 0.372. The van der Waals surface area contributed by atoms with Crippen LogP contribution in [0.5, 0.6) is 0 Å². The molecule has 1 aliphatic rings. The summed E-state index contributed by atoms with van der Waals surface area (Å²) in [5, 5.41) is 16.4. The Bertz CT molecular complexity index is 1120. The summed E-state index contributed by atoms with van der Waals surface area (Å²) in [5.74, 6) is 0.895. The lowest BCUT2D eigenvalue weighted by molar-refractivity contribution is 0.200. The number of hydrogen-bond donors (Lipinski definition) is 2. The maximum atomic E-state index is 9.15. The number of nitrogens with zero attached hydrogens (tertiary/aromatic N) is 1. The van der Waals surface area contributed by atoms with Crippen LogP contribution >= 0.6 is 11.6 Å². The first-order chi connectivity index (χ1) is 20.5. The van der Waals surface area contributed by atoms with Crippen molar-refractivity contribution in [2.24, 2.45) is 5.92 Å². The highest BCUT2D eigenvalue weighted by Crippen LogP contribution is 2.26. The maximum absolute atomic E-state index is 9.15. The van der Waals surface area contributed by atoms with Crippen molar-refractivity contribution in [2.45, 2.75) is 108 Å². The van der Waals surface area contributed by atoms with Crippen LogP contribution in [0, 0.1) is 24.2 Å². The van der Waals surface area contributed by atoms with Gasteiger partial charge in [0.2, 0.25) is 0 Å². The Hall–Kier alpha value is -3.06. The Morgan fingerprint density at radius 1 is 1.05 bits per heavy atom. The predicted octanol–water partition coefficient (Wildman–Crippen LogP) is 11.9. The standard InChI is InChI=1S/C14H16N2.C10H9Cl.C9H19N.3C2H6/c1-4-12(8-9-16-3)13-7-5-6-11(2)14(13)10-15;1-3-8-5-6-9(4-2)10(11)7-8;1-7-5-8(2)10-9(3,4)6-7;3*1-2/h4-9,16H,1-3H3;3-7H,1-2H2;7-8,10H,5-6H2,1-4H3;3*1-2H3/b9-8-,12-4+;;;;;. The lowest BCUT2D eigenvalue weighted by Gasteiger charge is -2.39. The molecule has 1 aliphatic heterocycles. The van der Waals surface area contributed by atoms with Crippen molar-refractivity contribution in [3.05, 3.63) is 101 Å². The molecule has 0 bridgehead atoms. The number of hydrogen-bond acceptors (Lipinski definition) is 3. The van der Waals surface area contributed by atoms with E-state index in [9.17, 15) is 0 Å². The van der Waals surface area contributed by atoms with Gasteiger partial charge in [-0.05, 0) is 99.5 Å². The molecule has 2 aromatic carbocycles. The summed E-state index contributed by atoms with van der Waals surface area (Å²) in [6.07, 6.45) is 12.0. The number of piperidine rings is 1. The van der Waals surface area contributed by atoms with Crippen molar-refractivity contribution >= 4 is 29.3 Å². The van der Waals surface area contributed by atoms with Crippen molar-refractivity contribution < 1.29 is 0 Å². The topological polar surface area (TPSA) is 47.9 Å². The zero-order valence-electron chi connectivity index (χ0n) is 29.7. The summed E-state index contributed by atoms with van der Waals surface area (Å²) < 4.78 is 0. The smallest absolute Gasteiger partial charge is 0.100 e. The SMILES string of the molecule is C/C=C(\C=C/NC)c1cccc(C)c1C#N.C=Cc1ccc(C=C)c(Cl)c1.CC.CC.CC.CC1CC(C)NC(C)(C)C1. The zero-order valence-corrected chi connectivity index (χ0v) is 30.4. The van der Waals surface area contributed by atoms with Gasteiger partial charge in [-0.3, -0.25) is 0 Å². The minimum Gasteiger partial charge on any atom is -0.394 e. The van der Waals surface area contributed by atoms with Crippen molar-refractivity contribution in [3.8, 4) is 6.07 Å². The van der Waals surface area contributed by atoms with Crippen LogP contribution in [0.4, 0.5) is 0 Å². The van der Waals surface area contributed by atoms with Crippen LogP contribution < -0.4 is 10.6 Å². The summed E-state index contributed by atoms with van der Waals surface area (Å²) in [5.41, 5.74) is 6.15. The third kappa shape index (κ3) is 18.3. The molecule has 0 amide bonds. The summed E-state index contributed by atoms with van der Waals surface area (Å²) >= 11 is 5.89. The second-order valence-corrected chi connectivity index (χ2v) is 10.5. The van der Waals surface area contributed by atoms with Gasteiger partial charge < -0.3 is 10.6 Å². The van der Waals surface area contributed by atoms with Gasteiger partial charge in [0.25, 0.3) is 0 Å². The molecule has 2 unspecified atom stereocenters. The third-order valence-corrected chi connectivity index (χ3v) is 6.50. The van der Waals surface area contributed by atoms with Gasteiger partial charge in [-0.1, -0.05) is 122 Å². The van der Waals surface area contributed by atoms with Crippen LogP contribution in [-0.4, -0.2) is 18.6 Å². The maximum Gasteiger partial charge on any atom is 0.100 e. The van der Waals surface area contributed by atoms with Crippen LogP contribution in [0.1, 0.15) is 117 Å². The first-order valence-corrected chi connectivity index (χ1v) is 16.2. The van der Waals surface area contributed by atoms with E-state index < -0.39 is 0 Å². The average Bonchev–Trinajstić information content (AvgIpc) is 3.00. The van der Waals surface area contributed by atoms with Gasteiger partial charge in [0, 0.05) is 23.7 Å². The number of nitriles is 1. The number of allylic oxidation sites excluding steroid dienone is 3. The van der Waals surface area contributed by atoms with Gasteiger partial charge >= 0.3 is 0 Å².